The van der Waals surface area contributed by atoms with Crippen LogP contribution in [-0.4, -0.2) is 18.1 Å². The summed E-state index contributed by atoms with van der Waals surface area (Å²) >= 11 is 11.8. The molecule has 1 unspecified atom stereocenters. The molecule has 0 heterocycles. The highest BCUT2D eigenvalue weighted by molar-refractivity contribution is 6.34. The molecule has 2 aromatic rings. The van der Waals surface area contributed by atoms with Gasteiger partial charge in [0.05, 0.1) is 11.6 Å². The lowest BCUT2D eigenvalue weighted by Gasteiger charge is -2.21. The van der Waals surface area contributed by atoms with Crippen molar-refractivity contribution >= 4 is 34.8 Å². The van der Waals surface area contributed by atoms with Gasteiger partial charge in [0, 0.05) is 22.8 Å². The van der Waals surface area contributed by atoms with Gasteiger partial charge in [-0.05, 0) is 42.0 Å². The van der Waals surface area contributed by atoms with Gasteiger partial charge in [-0.15, -0.1) is 0 Å². The third-order valence-electron chi connectivity index (χ3n) is 3.13. The molecule has 0 spiro atoms. The van der Waals surface area contributed by atoms with Gasteiger partial charge < -0.3 is 10.0 Å². The largest absolute Gasteiger partial charge is 0.378 e. The second-order valence-electron chi connectivity index (χ2n) is 4.66. The molecule has 0 saturated heterocycles. The molecule has 0 saturated carbocycles. The van der Waals surface area contributed by atoms with Gasteiger partial charge in [0.2, 0.25) is 0 Å². The van der Waals surface area contributed by atoms with Crippen molar-refractivity contribution in [1.82, 2.24) is 0 Å². The highest BCUT2D eigenvalue weighted by atomic mass is 35.5. The maximum Gasteiger partial charge on any atom is 0.260 e. The van der Waals surface area contributed by atoms with Crippen LogP contribution >= 0.6 is 23.2 Å². The zero-order chi connectivity index (χ0) is 16.3. The van der Waals surface area contributed by atoms with E-state index in [2.05, 4.69) is 0 Å². The van der Waals surface area contributed by atoms with E-state index in [1.165, 1.54) is 30.1 Å². The predicted molar refractivity (Wildman–Crippen MR) is 86.0 cm³/mol. The van der Waals surface area contributed by atoms with Gasteiger partial charge in [-0.1, -0.05) is 29.3 Å². The molecule has 0 bridgehead atoms. The van der Waals surface area contributed by atoms with Crippen molar-refractivity contribution in [3.8, 4) is 6.07 Å². The molecule has 0 aliphatic heterocycles. The Morgan fingerprint density at radius 2 is 1.86 bits per heavy atom. The summed E-state index contributed by atoms with van der Waals surface area (Å²) < 4.78 is 0. The molecule has 0 aromatic heterocycles. The fourth-order valence-electron chi connectivity index (χ4n) is 1.97. The van der Waals surface area contributed by atoms with Crippen LogP contribution in [-0.2, 0) is 4.79 Å². The average Bonchev–Trinajstić information content (AvgIpc) is 2.51. The smallest absolute Gasteiger partial charge is 0.260 e. The summed E-state index contributed by atoms with van der Waals surface area (Å²) in [6.07, 6.45) is -1.40. The van der Waals surface area contributed by atoms with Crippen molar-refractivity contribution in [2.24, 2.45) is 0 Å². The van der Waals surface area contributed by atoms with E-state index in [0.29, 0.717) is 26.9 Å². The SMILES string of the molecule is CN(C(=O)C(O)c1cc(Cl)cc(Cl)c1)c1cccc(C#N)c1. The number of carbonyl (C=O) groups excluding carboxylic acids is 1. The quantitative estimate of drug-likeness (QED) is 0.933. The van der Waals surface area contributed by atoms with Crippen LogP contribution in [0.1, 0.15) is 17.2 Å². The Hall–Kier alpha value is -2.06. The molecule has 1 amide bonds. The number of likely N-dealkylation sites (N-methyl/N-ethyl adjacent to an activating group) is 1. The molecule has 112 valence electrons. The minimum atomic E-state index is -1.40. The summed E-state index contributed by atoms with van der Waals surface area (Å²) in [5.74, 6) is -0.548. The number of aliphatic hydroxyl groups is 1. The first-order chi connectivity index (χ1) is 10.4. The zero-order valence-corrected chi connectivity index (χ0v) is 13.1. The minimum absolute atomic E-state index is 0.311. The number of hydrogen-bond acceptors (Lipinski definition) is 3. The van der Waals surface area contributed by atoms with E-state index in [0.717, 1.165) is 0 Å². The number of aliphatic hydroxyl groups excluding tert-OH is 1. The number of hydrogen-bond donors (Lipinski definition) is 1. The molecule has 1 N–H and O–H groups in total. The molecule has 2 aromatic carbocycles. The third kappa shape index (κ3) is 3.58. The van der Waals surface area contributed by atoms with Crippen LogP contribution in [0.25, 0.3) is 0 Å². The van der Waals surface area contributed by atoms with Crippen LogP contribution in [0.2, 0.25) is 10.0 Å². The molecule has 0 aliphatic carbocycles. The number of nitrogens with zero attached hydrogens (tertiary/aromatic N) is 2. The maximum absolute atomic E-state index is 12.4. The lowest BCUT2D eigenvalue weighted by atomic mass is 10.1. The molecule has 1 atom stereocenters. The van der Waals surface area contributed by atoms with Crippen molar-refractivity contribution < 1.29 is 9.90 Å². The number of rotatable bonds is 3. The Bertz CT molecular complexity index is 736. The zero-order valence-electron chi connectivity index (χ0n) is 11.6. The fourth-order valence-corrected chi connectivity index (χ4v) is 2.51. The Labute approximate surface area is 138 Å². The van der Waals surface area contributed by atoms with Crippen molar-refractivity contribution in [2.45, 2.75) is 6.10 Å². The van der Waals surface area contributed by atoms with Crippen LogP contribution in [0.15, 0.2) is 42.5 Å². The molecule has 0 aliphatic rings. The summed E-state index contributed by atoms with van der Waals surface area (Å²) in [7, 11) is 1.52. The van der Waals surface area contributed by atoms with E-state index in [-0.39, 0.29) is 0 Å². The van der Waals surface area contributed by atoms with E-state index < -0.39 is 12.0 Å². The first-order valence-corrected chi connectivity index (χ1v) is 7.10. The van der Waals surface area contributed by atoms with Crippen LogP contribution in [0.4, 0.5) is 5.69 Å². The first-order valence-electron chi connectivity index (χ1n) is 6.34. The molecule has 6 heteroatoms. The van der Waals surface area contributed by atoms with Gasteiger partial charge >= 0.3 is 0 Å². The topological polar surface area (TPSA) is 64.3 Å². The molecule has 2 rings (SSSR count). The summed E-state index contributed by atoms with van der Waals surface area (Å²) in [5.41, 5.74) is 1.25. The van der Waals surface area contributed by atoms with Gasteiger partial charge in [-0.25, -0.2) is 0 Å². The summed E-state index contributed by atoms with van der Waals surface area (Å²) in [4.78, 5) is 13.7. The third-order valence-corrected chi connectivity index (χ3v) is 3.56. The van der Waals surface area contributed by atoms with E-state index in [1.807, 2.05) is 6.07 Å². The number of halogens is 2. The molecule has 22 heavy (non-hydrogen) atoms. The Morgan fingerprint density at radius 3 is 2.45 bits per heavy atom. The standard InChI is InChI=1S/C16H12Cl2N2O2/c1-20(14-4-2-3-10(5-14)9-19)16(22)15(21)11-6-12(17)8-13(18)7-11/h2-8,15,21H,1H3. The van der Waals surface area contributed by atoms with Gasteiger partial charge in [-0.2, -0.15) is 5.26 Å². The lowest BCUT2D eigenvalue weighted by molar-refractivity contribution is -0.126. The average molecular weight is 335 g/mol. The predicted octanol–water partition coefficient (Wildman–Crippen LogP) is 3.56. The van der Waals surface area contributed by atoms with Crippen LogP contribution in [0.3, 0.4) is 0 Å². The highest BCUT2D eigenvalue weighted by Crippen LogP contribution is 2.26. The summed E-state index contributed by atoms with van der Waals surface area (Å²) in [6, 6.07) is 13.0. The van der Waals surface area contributed by atoms with Crippen molar-refractivity contribution in [3.63, 3.8) is 0 Å². The Balaban J connectivity index is 2.27. The van der Waals surface area contributed by atoms with Crippen molar-refractivity contribution in [2.75, 3.05) is 11.9 Å². The summed E-state index contributed by atoms with van der Waals surface area (Å²) in [5, 5.41) is 19.8. The van der Waals surface area contributed by atoms with Gasteiger partial charge in [0.15, 0.2) is 6.10 Å². The molecular weight excluding hydrogens is 323 g/mol. The normalized spacial score (nSPS) is 11.6. The lowest BCUT2D eigenvalue weighted by Crippen LogP contribution is -2.31. The summed E-state index contributed by atoms with van der Waals surface area (Å²) in [6.45, 7) is 0. The minimum Gasteiger partial charge on any atom is -0.378 e. The second kappa shape index (κ2) is 6.80. The highest BCUT2D eigenvalue weighted by Gasteiger charge is 2.23. The monoisotopic (exact) mass is 334 g/mol. The molecular formula is C16H12Cl2N2O2. The van der Waals surface area contributed by atoms with Gasteiger partial charge in [0.25, 0.3) is 5.91 Å². The number of carbonyl (C=O) groups is 1. The Kier molecular flexibility index (Phi) is 5.04. The first kappa shape index (κ1) is 16.3. The van der Waals surface area contributed by atoms with Gasteiger partial charge in [-0.3, -0.25) is 4.79 Å². The molecule has 4 nitrogen and oxygen atoms in total. The van der Waals surface area contributed by atoms with E-state index in [9.17, 15) is 9.90 Å². The number of amides is 1. The fraction of sp³-hybridized carbons (Fsp3) is 0.125. The van der Waals surface area contributed by atoms with Crippen molar-refractivity contribution in [1.29, 1.82) is 5.26 Å². The van der Waals surface area contributed by atoms with E-state index in [1.54, 1.807) is 24.3 Å². The number of nitriles is 1. The second-order valence-corrected chi connectivity index (χ2v) is 5.54. The van der Waals surface area contributed by atoms with Crippen LogP contribution < -0.4 is 4.90 Å². The molecule has 0 radical (unpaired) electrons. The Morgan fingerprint density at radius 1 is 1.23 bits per heavy atom. The molecule has 0 fully saturated rings. The van der Waals surface area contributed by atoms with Crippen LogP contribution in [0.5, 0.6) is 0 Å². The van der Waals surface area contributed by atoms with E-state index >= 15 is 0 Å². The maximum atomic E-state index is 12.4. The van der Waals surface area contributed by atoms with Crippen LogP contribution in [0, 0.1) is 11.3 Å². The van der Waals surface area contributed by atoms with E-state index in [4.69, 9.17) is 28.5 Å². The van der Waals surface area contributed by atoms with Crippen molar-refractivity contribution in [3.05, 3.63) is 63.6 Å². The van der Waals surface area contributed by atoms with Gasteiger partial charge in [0.1, 0.15) is 0 Å². The number of benzene rings is 2. The number of anilines is 1.